The van der Waals surface area contributed by atoms with Crippen LogP contribution in [-0.4, -0.2) is 53.7 Å². The lowest BCUT2D eigenvalue weighted by atomic mass is 10.2. The van der Waals surface area contributed by atoms with Crippen LogP contribution in [0.3, 0.4) is 0 Å². The summed E-state index contributed by atoms with van der Waals surface area (Å²) in [7, 11) is 4.19. The van der Waals surface area contributed by atoms with Crippen LogP contribution in [0.2, 0.25) is 4.47 Å². The molecule has 0 spiro atoms. The van der Waals surface area contributed by atoms with Gasteiger partial charge in [0.2, 0.25) is 4.47 Å². The molecule has 0 amide bonds. The predicted octanol–water partition coefficient (Wildman–Crippen LogP) is 2.21. The summed E-state index contributed by atoms with van der Waals surface area (Å²) in [5, 5.41) is 8.91. The van der Waals surface area contributed by atoms with Crippen LogP contribution >= 0.6 is 22.9 Å². The second-order valence-electron chi connectivity index (χ2n) is 4.88. The molecule has 0 aliphatic rings. The molecule has 0 unspecified atom stereocenters. The van der Waals surface area contributed by atoms with E-state index in [2.05, 4.69) is 47.9 Å². The summed E-state index contributed by atoms with van der Waals surface area (Å²) in [6.45, 7) is 8.48. The van der Waals surface area contributed by atoms with Gasteiger partial charge in [0.15, 0.2) is 0 Å². The fourth-order valence-corrected chi connectivity index (χ4v) is 2.49. The van der Waals surface area contributed by atoms with E-state index < -0.39 is 0 Å². The molecule has 0 bridgehead atoms. The van der Waals surface area contributed by atoms with Gasteiger partial charge in [0.05, 0.1) is 6.54 Å². The summed E-state index contributed by atoms with van der Waals surface area (Å²) in [5.74, 6) is 0.653. The number of nitrogens with zero attached hydrogens (tertiary/aromatic N) is 4. The summed E-state index contributed by atoms with van der Waals surface area (Å²) in [6.07, 6.45) is 0. The summed E-state index contributed by atoms with van der Waals surface area (Å²) < 4.78 is 0.525. The Morgan fingerprint density at radius 2 is 1.94 bits per heavy atom. The van der Waals surface area contributed by atoms with Gasteiger partial charge in [-0.25, -0.2) is 0 Å². The lowest BCUT2D eigenvalue weighted by molar-refractivity contribution is 0.211. The zero-order chi connectivity index (χ0) is 12.8. The highest BCUT2D eigenvalue weighted by molar-refractivity contribution is 7.15. The normalized spacial score (nSPS) is 12.0. The van der Waals surface area contributed by atoms with Gasteiger partial charge in [0.1, 0.15) is 5.01 Å². The maximum atomic E-state index is 5.80. The molecule has 0 saturated carbocycles. The third kappa shape index (κ3) is 6.31. The van der Waals surface area contributed by atoms with E-state index >= 15 is 0 Å². The summed E-state index contributed by atoms with van der Waals surface area (Å²) in [5.41, 5.74) is 0. The third-order valence-corrected chi connectivity index (χ3v) is 3.29. The van der Waals surface area contributed by atoms with Crippen molar-refractivity contribution in [2.45, 2.75) is 20.4 Å². The minimum atomic E-state index is 0.525. The third-order valence-electron chi connectivity index (χ3n) is 2.29. The van der Waals surface area contributed by atoms with E-state index in [-0.39, 0.29) is 0 Å². The van der Waals surface area contributed by atoms with Gasteiger partial charge >= 0.3 is 0 Å². The van der Waals surface area contributed by atoms with Crippen LogP contribution < -0.4 is 0 Å². The Bertz CT molecular complexity index is 327. The van der Waals surface area contributed by atoms with Crippen molar-refractivity contribution in [3.05, 3.63) is 9.47 Å². The second kappa shape index (κ2) is 7.26. The molecule has 6 heteroatoms. The SMILES string of the molecule is CC(C)CN(CCN(C)C)Cc1nnc(Cl)s1. The van der Waals surface area contributed by atoms with E-state index in [0.717, 1.165) is 31.2 Å². The molecular formula is C11H21ClN4S. The molecule has 0 aliphatic carbocycles. The molecule has 0 saturated heterocycles. The van der Waals surface area contributed by atoms with Crippen molar-refractivity contribution >= 4 is 22.9 Å². The molecule has 1 aromatic heterocycles. The van der Waals surface area contributed by atoms with Crippen molar-refractivity contribution in [2.24, 2.45) is 5.92 Å². The van der Waals surface area contributed by atoms with Gasteiger partial charge in [-0.1, -0.05) is 25.2 Å². The summed E-state index contributed by atoms with van der Waals surface area (Å²) in [4.78, 5) is 4.60. The minimum Gasteiger partial charge on any atom is -0.308 e. The average molecular weight is 277 g/mol. The molecule has 1 aromatic rings. The van der Waals surface area contributed by atoms with E-state index in [9.17, 15) is 0 Å². The van der Waals surface area contributed by atoms with Crippen LogP contribution in [-0.2, 0) is 6.54 Å². The number of hydrogen-bond acceptors (Lipinski definition) is 5. The number of aromatic nitrogens is 2. The van der Waals surface area contributed by atoms with Gasteiger partial charge < -0.3 is 4.90 Å². The first-order chi connectivity index (χ1) is 7.97. The molecule has 0 atom stereocenters. The van der Waals surface area contributed by atoms with E-state index in [0.29, 0.717) is 10.4 Å². The molecule has 0 radical (unpaired) electrons. The van der Waals surface area contributed by atoms with Gasteiger partial charge in [-0.2, -0.15) is 0 Å². The van der Waals surface area contributed by atoms with Crippen molar-refractivity contribution in [1.82, 2.24) is 20.0 Å². The van der Waals surface area contributed by atoms with Gasteiger partial charge in [-0.05, 0) is 31.6 Å². The van der Waals surface area contributed by atoms with Crippen molar-refractivity contribution in [3.63, 3.8) is 0 Å². The van der Waals surface area contributed by atoms with Crippen LogP contribution in [0.25, 0.3) is 0 Å². The van der Waals surface area contributed by atoms with Crippen LogP contribution in [0.5, 0.6) is 0 Å². The lowest BCUT2D eigenvalue weighted by Crippen LogP contribution is -2.33. The van der Waals surface area contributed by atoms with E-state index in [4.69, 9.17) is 11.6 Å². The van der Waals surface area contributed by atoms with Crippen molar-refractivity contribution < 1.29 is 0 Å². The Hall–Kier alpha value is -0.230. The molecule has 4 nitrogen and oxygen atoms in total. The van der Waals surface area contributed by atoms with Crippen LogP contribution in [0.1, 0.15) is 18.9 Å². The maximum Gasteiger partial charge on any atom is 0.207 e. The number of hydrogen-bond donors (Lipinski definition) is 0. The monoisotopic (exact) mass is 276 g/mol. The smallest absolute Gasteiger partial charge is 0.207 e. The van der Waals surface area contributed by atoms with E-state index in [1.165, 1.54) is 11.3 Å². The van der Waals surface area contributed by atoms with E-state index in [1.54, 1.807) is 0 Å². The standard InChI is InChI=1S/C11H21ClN4S/c1-9(2)7-16(6-5-15(3)4)8-10-13-14-11(12)17-10/h9H,5-8H2,1-4H3. The van der Waals surface area contributed by atoms with Gasteiger partial charge in [-0.3, -0.25) is 4.90 Å². The molecular weight excluding hydrogens is 256 g/mol. The van der Waals surface area contributed by atoms with Crippen molar-refractivity contribution in [3.8, 4) is 0 Å². The molecule has 1 rings (SSSR count). The van der Waals surface area contributed by atoms with Gasteiger partial charge in [0, 0.05) is 19.6 Å². The molecule has 0 aliphatic heterocycles. The first-order valence-electron chi connectivity index (χ1n) is 5.82. The topological polar surface area (TPSA) is 32.3 Å². The molecule has 0 aromatic carbocycles. The quantitative estimate of drug-likeness (QED) is 0.764. The first-order valence-corrected chi connectivity index (χ1v) is 7.01. The van der Waals surface area contributed by atoms with Crippen molar-refractivity contribution in [1.29, 1.82) is 0 Å². The van der Waals surface area contributed by atoms with Crippen LogP contribution in [0.4, 0.5) is 0 Å². The second-order valence-corrected chi connectivity index (χ2v) is 6.53. The number of rotatable bonds is 7. The maximum absolute atomic E-state index is 5.80. The van der Waals surface area contributed by atoms with Crippen LogP contribution in [0, 0.1) is 5.92 Å². The van der Waals surface area contributed by atoms with Crippen LogP contribution in [0.15, 0.2) is 0 Å². The molecule has 17 heavy (non-hydrogen) atoms. The Balaban J connectivity index is 2.50. The fraction of sp³-hybridized carbons (Fsp3) is 0.818. The van der Waals surface area contributed by atoms with Crippen molar-refractivity contribution in [2.75, 3.05) is 33.7 Å². The Morgan fingerprint density at radius 1 is 1.24 bits per heavy atom. The number of likely N-dealkylation sites (N-methyl/N-ethyl adjacent to an activating group) is 1. The zero-order valence-corrected chi connectivity index (χ0v) is 12.6. The Labute approximate surface area is 113 Å². The highest BCUT2D eigenvalue weighted by atomic mass is 35.5. The molecule has 98 valence electrons. The fourth-order valence-electron chi connectivity index (χ4n) is 1.58. The molecule has 0 fully saturated rings. The lowest BCUT2D eigenvalue weighted by Gasteiger charge is -2.24. The van der Waals surface area contributed by atoms with Gasteiger partial charge in [0.25, 0.3) is 0 Å². The Kier molecular flexibility index (Phi) is 6.33. The zero-order valence-electron chi connectivity index (χ0n) is 11.0. The number of halogens is 1. The van der Waals surface area contributed by atoms with Gasteiger partial charge in [-0.15, -0.1) is 10.2 Å². The molecule has 0 N–H and O–H groups in total. The van der Waals surface area contributed by atoms with E-state index in [1.807, 2.05) is 0 Å². The molecule has 1 heterocycles. The first kappa shape index (κ1) is 14.8. The minimum absolute atomic E-state index is 0.525. The average Bonchev–Trinajstić information content (AvgIpc) is 2.59. The summed E-state index contributed by atoms with van der Waals surface area (Å²) in [6, 6.07) is 0. The highest BCUT2D eigenvalue weighted by Gasteiger charge is 2.11. The predicted molar refractivity (Wildman–Crippen MR) is 73.6 cm³/mol. The summed E-state index contributed by atoms with van der Waals surface area (Å²) >= 11 is 7.26. The highest BCUT2D eigenvalue weighted by Crippen LogP contribution is 2.17. The largest absolute Gasteiger partial charge is 0.308 e. The Morgan fingerprint density at radius 3 is 2.41 bits per heavy atom.